The summed E-state index contributed by atoms with van der Waals surface area (Å²) in [5.41, 5.74) is 2.78. The third-order valence-corrected chi connectivity index (χ3v) is 3.10. The highest BCUT2D eigenvalue weighted by molar-refractivity contribution is 5.82. The van der Waals surface area contributed by atoms with E-state index in [1.165, 1.54) is 12.3 Å². The van der Waals surface area contributed by atoms with Gasteiger partial charge in [0.25, 0.3) is 0 Å². The number of para-hydroxylation sites is 1. The highest BCUT2D eigenvalue weighted by atomic mass is 19.1. The Kier molecular flexibility index (Phi) is 2.91. The van der Waals surface area contributed by atoms with E-state index in [2.05, 4.69) is 10.3 Å². The molecule has 2 aromatic heterocycles. The molecule has 4 heteroatoms. The zero-order valence-electron chi connectivity index (χ0n) is 10.5. The quantitative estimate of drug-likeness (QED) is 0.722. The van der Waals surface area contributed by atoms with E-state index in [4.69, 9.17) is 4.42 Å². The molecule has 0 fully saturated rings. The minimum Gasteiger partial charge on any atom is -0.461 e. The van der Waals surface area contributed by atoms with Crippen LogP contribution in [0.4, 0.5) is 10.1 Å². The molecule has 3 nitrogen and oxygen atoms in total. The molecule has 0 aliphatic heterocycles. The number of hydrogen-bond donors (Lipinski definition) is 1. The number of fused-ring (bicyclic) bond motifs is 1. The summed E-state index contributed by atoms with van der Waals surface area (Å²) in [5.74, 6) is 0.416. The molecule has 19 heavy (non-hydrogen) atoms. The van der Waals surface area contributed by atoms with Crippen LogP contribution in [0.5, 0.6) is 0 Å². The molecule has 0 amide bonds. The Bertz CT molecular complexity index is 704. The molecule has 1 aromatic carbocycles. The standard InChI is InChI=1S/C15H13FN2O/c1-10-13(12-4-2-3-5-14(12)19-10)9-17-11-6-7-15(16)18-8-11/h2-8,17H,9H2,1H3. The number of benzene rings is 1. The summed E-state index contributed by atoms with van der Waals surface area (Å²) in [6, 6.07) is 10.9. The van der Waals surface area contributed by atoms with Crippen LogP contribution in [0.2, 0.25) is 0 Å². The third kappa shape index (κ3) is 2.29. The summed E-state index contributed by atoms with van der Waals surface area (Å²) in [6.07, 6.45) is 1.48. The first-order valence-corrected chi connectivity index (χ1v) is 6.06. The Hall–Kier alpha value is -2.36. The smallest absolute Gasteiger partial charge is 0.212 e. The summed E-state index contributed by atoms with van der Waals surface area (Å²) < 4.78 is 18.4. The molecule has 0 bridgehead atoms. The maximum absolute atomic E-state index is 12.7. The Morgan fingerprint density at radius 3 is 2.84 bits per heavy atom. The summed E-state index contributed by atoms with van der Waals surface area (Å²) in [6.45, 7) is 2.57. The van der Waals surface area contributed by atoms with E-state index < -0.39 is 5.95 Å². The third-order valence-electron chi connectivity index (χ3n) is 3.10. The van der Waals surface area contributed by atoms with E-state index in [1.807, 2.05) is 31.2 Å². The first kappa shape index (κ1) is 11.7. The van der Waals surface area contributed by atoms with Crippen molar-refractivity contribution in [3.8, 4) is 0 Å². The fraction of sp³-hybridized carbons (Fsp3) is 0.133. The molecular weight excluding hydrogens is 243 g/mol. The van der Waals surface area contributed by atoms with E-state index in [0.29, 0.717) is 6.54 Å². The highest BCUT2D eigenvalue weighted by Crippen LogP contribution is 2.25. The van der Waals surface area contributed by atoms with Gasteiger partial charge in [-0.25, -0.2) is 4.98 Å². The molecule has 0 spiro atoms. The second-order valence-electron chi connectivity index (χ2n) is 4.36. The van der Waals surface area contributed by atoms with Crippen LogP contribution in [-0.4, -0.2) is 4.98 Å². The number of aryl methyl sites for hydroxylation is 1. The number of halogens is 1. The van der Waals surface area contributed by atoms with Crippen LogP contribution < -0.4 is 5.32 Å². The van der Waals surface area contributed by atoms with Crippen molar-refractivity contribution in [1.82, 2.24) is 4.98 Å². The lowest BCUT2D eigenvalue weighted by Crippen LogP contribution is -2.00. The van der Waals surface area contributed by atoms with Gasteiger partial charge in [-0.05, 0) is 25.1 Å². The molecule has 2 heterocycles. The van der Waals surface area contributed by atoms with E-state index in [1.54, 1.807) is 6.07 Å². The number of nitrogens with zero attached hydrogens (tertiary/aromatic N) is 1. The number of anilines is 1. The van der Waals surface area contributed by atoms with Gasteiger partial charge in [0.1, 0.15) is 11.3 Å². The molecule has 1 N–H and O–H groups in total. The number of aromatic nitrogens is 1. The van der Waals surface area contributed by atoms with Gasteiger partial charge in [0.15, 0.2) is 0 Å². The van der Waals surface area contributed by atoms with Gasteiger partial charge >= 0.3 is 0 Å². The Balaban J connectivity index is 1.85. The fourth-order valence-corrected chi connectivity index (χ4v) is 2.11. The average Bonchev–Trinajstić information content (AvgIpc) is 2.74. The molecule has 96 valence electrons. The van der Waals surface area contributed by atoms with Gasteiger partial charge < -0.3 is 9.73 Å². The Labute approximate surface area is 110 Å². The molecule has 0 unspecified atom stereocenters. The average molecular weight is 256 g/mol. The van der Waals surface area contributed by atoms with E-state index in [-0.39, 0.29) is 0 Å². The van der Waals surface area contributed by atoms with Gasteiger partial charge in [-0.2, -0.15) is 4.39 Å². The maximum Gasteiger partial charge on any atom is 0.212 e. The molecule has 0 saturated heterocycles. The number of rotatable bonds is 3. The lowest BCUT2D eigenvalue weighted by molar-refractivity contribution is 0.573. The second-order valence-corrected chi connectivity index (χ2v) is 4.36. The van der Waals surface area contributed by atoms with Crippen molar-refractivity contribution < 1.29 is 8.81 Å². The van der Waals surface area contributed by atoms with Crippen molar-refractivity contribution in [2.24, 2.45) is 0 Å². The van der Waals surface area contributed by atoms with Gasteiger partial charge in [0, 0.05) is 17.5 Å². The first-order valence-electron chi connectivity index (χ1n) is 6.06. The van der Waals surface area contributed by atoms with Gasteiger partial charge in [0.05, 0.1) is 11.9 Å². The van der Waals surface area contributed by atoms with E-state index >= 15 is 0 Å². The molecule has 0 aliphatic rings. The Morgan fingerprint density at radius 2 is 2.05 bits per heavy atom. The SMILES string of the molecule is Cc1oc2ccccc2c1CNc1ccc(F)nc1. The fourth-order valence-electron chi connectivity index (χ4n) is 2.11. The topological polar surface area (TPSA) is 38.1 Å². The molecule has 0 radical (unpaired) electrons. The number of pyridine rings is 1. The predicted octanol–water partition coefficient (Wildman–Crippen LogP) is 3.89. The Morgan fingerprint density at radius 1 is 1.21 bits per heavy atom. The number of furan rings is 1. The van der Waals surface area contributed by atoms with Crippen LogP contribution in [0.3, 0.4) is 0 Å². The number of nitrogens with one attached hydrogen (secondary N) is 1. The predicted molar refractivity (Wildman–Crippen MR) is 72.5 cm³/mol. The van der Waals surface area contributed by atoms with Crippen LogP contribution in [0.1, 0.15) is 11.3 Å². The van der Waals surface area contributed by atoms with Crippen molar-refractivity contribution in [3.63, 3.8) is 0 Å². The normalized spacial score (nSPS) is 10.8. The lowest BCUT2D eigenvalue weighted by Gasteiger charge is -2.05. The van der Waals surface area contributed by atoms with Crippen molar-refractivity contribution in [3.05, 3.63) is 59.9 Å². The van der Waals surface area contributed by atoms with Crippen molar-refractivity contribution in [1.29, 1.82) is 0 Å². The summed E-state index contributed by atoms with van der Waals surface area (Å²) >= 11 is 0. The van der Waals surface area contributed by atoms with Crippen molar-refractivity contribution >= 4 is 16.7 Å². The summed E-state index contributed by atoms with van der Waals surface area (Å²) in [5, 5.41) is 4.32. The minimum absolute atomic E-state index is 0.476. The zero-order chi connectivity index (χ0) is 13.2. The van der Waals surface area contributed by atoms with Crippen LogP contribution in [-0.2, 0) is 6.54 Å². The zero-order valence-corrected chi connectivity index (χ0v) is 10.5. The van der Waals surface area contributed by atoms with E-state index in [9.17, 15) is 4.39 Å². The lowest BCUT2D eigenvalue weighted by atomic mass is 10.1. The van der Waals surface area contributed by atoms with Crippen LogP contribution in [0.15, 0.2) is 47.0 Å². The molecule has 0 saturated carbocycles. The van der Waals surface area contributed by atoms with Gasteiger partial charge in [-0.15, -0.1) is 0 Å². The number of hydrogen-bond acceptors (Lipinski definition) is 3. The second kappa shape index (κ2) is 4.72. The van der Waals surface area contributed by atoms with E-state index in [0.717, 1.165) is 28.0 Å². The summed E-state index contributed by atoms with van der Waals surface area (Å²) in [4.78, 5) is 3.61. The molecular formula is C15H13FN2O. The van der Waals surface area contributed by atoms with Crippen LogP contribution >= 0.6 is 0 Å². The van der Waals surface area contributed by atoms with Crippen molar-refractivity contribution in [2.45, 2.75) is 13.5 Å². The maximum atomic E-state index is 12.7. The van der Waals surface area contributed by atoms with Crippen LogP contribution in [0, 0.1) is 12.9 Å². The molecule has 3 rings (SSSR count). The largest absolute Gasteiger partial charge is 0.461 e. The van der Waals surface area contributed by atoms with Crippen molar-refractivity contribution in [2.75, 3.05) is 5.32 Å². The van der Waals surface area contributed by atoms with Gasteiger partial charge in [0.2, 0.25) is 5.95 Å². The monoisotopic (exact) mass is 256 g/mol. The van der Waals surface area contributed by atoms with Crippen LogP contribution in [0.25, 0.3) is 11.0 Å². The summed E-state index contributed by atoms with van der Waals surface area (Å²) in [7, 11) is 0. The highest BCUT2D eigenvalue weighted by Gasteiger charge is 2.09. The first-order chi connectivity index (χ1) is 9.24. The molecule has 3 aromatic rings. The van der Waals surface area contributed by atoms with Gasteiger partial charge in [-0.1, -0.05) is 18.2 Å². The molecule has 0 atom stereocenters. The minimum atomic E-state index is -0.476. The van der Waals surface area contributed by atoms with Gasteiger partial charge in [-0.3, -0.25) is 0 Å². The molecule has 0 aliphatic carbocycles.